The van der Waals surface area contributed by atoms with Gasteiger partial charge in [-0.2, -0.15) is 0 Å². The number of aryl methyl sites for hydroxylation is 1. The van der Waals surface area contributed by atoms with E-state index < -0.39 is 0 Å². The smallest absolute Gasteiger partial charge is 0.262 e. The maximum atomic E-state index is 12.4. The maximum absolute atomic E-state index is 12.4. The molecule has 3 rings (SSSR count). The summed E-state index contributed by atoms with van der Waals surface area (Å²) in [5.41, 5.74) is 3.69. The van der Waals surface area contributed by atoms with Crippen LogP contribution < -0.4 is 24.8 Å². The zero-order valence-corrected chi connectivity index (χ0v) is 19.2. The van der Waals surface area contributed by atoms with E-state index in [0.29, 0.717) is 41.1 Å². The van der Waals surface area contributed by atoms with Crippen LogP contribution in [0.25, 0.3) is 0 Å². The summed E-state index contributed by atoms with van der Waals surface area (Å²) in [5.74, 6) is 1.38. The molecule has 0 aliphatic carbocycles. The van der Waals surface area contributed by atoms with Gasteiger partial charge in [0.1, 0.15) is 5.75 Å². The summed E-state index contributed by atoms with van der Waals surface area (Å²) >= 11 is 6.10. The summed E-state index contributed by atoms with van der Waals surface area (Å²) in [6, 6.07) is 18.6. The van der Waals surface area contributed by atoms with Crippen LogP contribution in [0, 0.1) is 6.92 Å². The zero-order chi connectivity index (χ0) is 22.9. The highest BCUT2D eigenvalue weighted by atomic mass is 35.5. The number of nitrogens with one attached hydrogen (secondary N) is 2. The Balaban J connectivity index is 1.63. The quantitative estimate of drug-likeness (QED) is 0.412. The molecule has 2 N–H and O–H groups in total. The van der Waals surface area contributed by atoms with Crippen molar-refractivity contribution in [2.24, 2.45) is 0 Å². The number of ether oxygens (including phenoxy) is 3. The van der Waals surface area contributed by atoms with Crippen molar-refractivity contribution in [2.45, 2.75) is 20.4 Å². The molecule has 0 heterocycles. The minimum atomic E-state index is -0.292. The lowest BCUT2D eigenvalue weighted by atomic mass is 10.1. The van der Waals surface area contributed by atoms with E-state index in [9.17, 15) is 4.79 Å². The maximum Gasteiger partial charge on any atom is 0.262 e. The topological polar surface area (TPSA) is 68.8 Å². The Morgan fingerprint density at radius 3 is 2.53 bits per heavy atom. The van der Waals surface area contributed by atoms with Crippen LogP contribution in [0.5, 0.6) is 17.2 Å². The normalized spacial score (nSPS) is 10.4. The highest BCUT2D eigenvalue weighted by Gasteiger charge is 2.11. The number of rotatable bonds is 10. The number of hydrogen-bond acceptors (Lipinski definition) is 5. The van der Waals surface area contributed by atoms with E-state index in [-0.39, 0.29) is 12.5 Å². The Morgan fingerprint density at radius 1 is 0.938 bits per heavy atom. The van der Waals surface area contributed by atoms with Crippen LogP contribution in [0.3, 0.4) is 0 Å². The fraction of sp³-hybridized carbons (Fsp3) is 0.240. The monoisotopic (exact) mass is 454 g/mol. The van der Waals surface area contributed by atoms with Crippen LogP contribution in [0.1, 0.15) is 18.1 Å². The summed E-state index contributed by atoms with van der Waals surface area (Å²) in [7, 11) is 1.56. The number of hydrogen-bond donors (Lipinski definition) is 2. The third-order valence-electron chi connectivity index (χ3n) is 4.73. The van der Waals surface area contributed by atoms with Crippen LogP contribution in [0.2, 0.25) is 5.02 Å². The molecule has 0 saturated carbocycles. The number of para-hydroxylation sites is 2. The second-order valence-corrected chi connectivity index (χ2v) is 7.50. The van der Waals surface area contributed by atoms with Crippen LogP contribution in [-0.2, 0) is 11.3 Å². The van der Waals surface area contributed by atoms with Crippen molar-refractivity contribution >= 4 is 28.9 Å². The molecule has 0 radical (unpaired) electrons. The lowest BCUT2D eigenvalue weighted by Crippen LogP contribution is -2.20. The number of halogens is 1. The molecule has 3 aromatic carbocycles. The third-order valence-corrected chi connectivity index (χ3v) is 4.97. The van der Waals surface area contributed by atoms with E-state index in [1.165, 1.54) is 0 Å². The molecule has 1 amide bonds. The van der Waals surface area contributed by atoms with E-state index in [1.54, 1.807) is 19.2 Å². The molecule has 0 aliphatic rings. The van der Waals surface area contributed by atoms with Crippen LogP contribution in [-0.4, -0.2) is 26.2 Å². The highest BCUT2D eigenvalue weighted by molar-refractivity contribution is 6.30. The van der Waals surface area contributed by atoms with Gasteiger partial charge in [-0.05, 0) is 61.4 Å². The fourth-order valence-electron chi connectivity index (χ4n) is 3.11. The number of carbonyl (C=O) groups is 1. The summed E-state index contributed by atoms with van der Waals surface area (Å²) < 4.78 is 16.7. The van der Waals surface area contributed by atoms with Gasteiger partial charge in [-0.1, -0.05) is 35.9 Å². The Kier molecular flexibility index (Phi) is 8.22. The Labute approximate surface area is 193 Å². The second-order valence-electron chi connectivity index (χ2n) is 7.06. The molecule has 0 spiro atoms. The molecular formula is C25H27ClN2O4. The van der Waals surface area contributed by atoms with Gasteiger partial charge in [0.25, 0.3) is 5.91 Å². The third kappa shape index (κ3) is 6.31. The summed E-state index contributed by atoms with van der Waals surface area (Å²) in [4.78, 5) is 12.4. The largest absolute Gasteiger partial charge is 0.495 e. The number of amides is 1. The number of carbonyl (C=O) groups excluding carboxylic acids is 1. The SMILES string of the molecule is CCOc1cc(CNc2cc(Cl)ccc2C)ccc1OCC(=O)Nc1ccccc1OC. The molecule has 168 valence electrons. The van der Waals surface area contributed by atoms with Gasteiger partial charge in [0.2, 0.25) is 0 Å². The molecule has 0 aromatic heterocycles. The van der Waals surface area contributed by atoms with Crippen molar-refractivity contribution in [1.29, 1.82) is 0 Å². The minimum absolute atomic E-state index is 0.155. The van der Waals surface area contributed by atoms with Gasteiger partial charge in [0, 0.05) is 17.3 Å². The average molecular weight is 455 g/mol. The zero-order valence-electron chi connectivity index (χ0n) is 18.4. The molecule has 0 fully saturated rings. The Morgan fingerprint density at radius 2 is 1.75 bits per heavy atom. The van der Waals surface area contributed by atoms with E-state index >= 15 is 0 Å². The first-order valence-corrected chi connectivity index (χ1v) is 10.7. The molecule has 0 bridgehead atoms. The van der Waals surface area contributed by atoms with E-state index in [1.807, 2.05) is 62.4 Å². The lowest BCUT2D eigenvalue weighted by molar-refractivity contribution is -0.118. The predicted molar refractivity (Wildman–Crippen MR) is 128 cm³/mol. The fourth-order valence-corrected chi connectivity index (χ4v) is 3.28. The van der Waals surface area contributed by atoms with Gasteiger partial charge in [-0.3, -0.25) is 4.79 Å². The van der Waals surface area contributed by atoms with Crippen molar-refractivity contribution < 1.29 is 19.0 Å². The molecule has 0 atom stereocenters. The summed E-state index contributed by atoms with van der Waals surface area (Å²) in [5, 5.41) is 6.87. The van der Waals surface area contributed by atoms with Gasteiger partial charge in [-0.25, -0.2) is 0 Å². The van der Waals surface area contributed by atoms with Crippen LogP contribution >= 0.6 is 11.6 Å². The summed E-state index contributed by atoms with van der Waals surface area (Å²) in [6.07, 6.45) is 0. The van der Waals surface area contributed by atoms with Gasteiger partial charge in [0.15, 0.2) is 18.1 Å². The summed E-state index contributed by atoms with van der Waals surface area (Å²) in [6.45, 7) is 4.84. The van der Waals surface area contributed by atoms with Gasteiger partial charge in [-0.15, -0.1) is 0 Å². The van der Waals surface area contributed by atoms with Crippen LogP contribution in [0.15, 0.2) is 60.7 Å². The van der Waals surface area contributed by atoms with E-state index in [4.69, 9.17) is 25.8 Å². The van der Waals surface area contributed by atoms with E-state index in [0.717, 1.165) is 16.8 Å². The van der Waals surface area contributed by atoms with E-state index in [2.05, 4.69) is 10.6 Å². The molecular weight excluding hydrogens is 428 g/mol. The Hall–Kier alpha value is -3.38. The molecule has 32 heavy (non-hydrogen) atoms. The van der Waals surface area contributed by atoms with Crippen molar-refractivity contribution in [3.8, 4) is 17.2 Å². The second kappa shape index (κ2) is 11.3. The molecule has 3 aromatic rings. The standard InChI is InChI=1S/C25H27ClN2O4/c1-4-31-24-13-18(15-27-21-14-19(26)11-9-17(21)2)10-12-23(24)32-16-25(29)28-20-7-5-6-8-22(20)30-3/h5-14,27H,4,15-16H2,1-3H3,(H,28,29). The van der Waals surface area contributed by atoms with Gasteiger partial charge < -0.3 is 24.8 Å². The molecule has 0 aliphatic heterocycles. The van der Waals surface area contributed by atoms with Crippen LogP contribution in [0.4, 0.5) is 11.4 Å². The molecule has 6 nitrogen and oxygen atoms in total. The highest BCUT2D eigenvalue weighted by Crippen LogP contribution is 2.30. The average Bonchev–Trinajstić information content (AvgIpc) is 2.79. The minimum Gasteiger partial charge on any atom is -0.495 e. The number of methoxy groups -OCH3 is 1. The number of anilines is 2. The van der Waals surface area contributed by atoms with Gasteiger partial charge >= 0.3 is 0 Å². The first kappa shape index (κ1) is 23.3. The lowest BCUT2D eigenvalue weighted by Gasteiger charge is -2.15. The Bertz CT molecular complexity index is 1070. The predicted octanol–water partition coefficient (Wildman–Crippen LogP) is 5.69. The van der Waals surface area contributed by atoms with Gasteiger partial charge in [0.05, 0.1) is 19.4 Å². The van der Waals surface area contributed by atoms with Crippen molar-refractivity contribution in [3.63, 3.8) is 0 Å². The first-order chi connectivity index (χ1) is 15.5. The first-order valence-electron chi connectivity index (χ1n) is 10.3. The van der Waals surface area contributed by atoms with Crippen molar-refractivity contribution in [1.82, 2.24) is 0 Å². The van der Waals surface area contributed by atoms with Crippen molar-refractivity contribution in [2.75, 3.05) is 31.0 Å². The molecule has 0 saturated heterocycles. The molecule has 0 unspecified atom stereocenters. The molecule has 7 heteroatoms. The van der Waals surface area contributed by atoms with Crippen molar-refractivity contribution in [3.05, 3.63) is 76.8 Å². The number of benzene rings is 3.